The second-order valence-electron chi connectivity index (χ2n) is 6.50. The lowest BCUT2D eigenvalue weighted by atomic mass is 9.86. The van der Waals surface area contributed by atoms with Crippen molar-refractivity contribution < 1.29 is 19.1 Å². The van der Waals surface area contributed by atoms with Crippen molar-refractivity contribution in [2.24, 2.45) is 0 Å². The molecule has 1 saturated heterocycles. The summed E-state index contributed by atoms with van der Waals surface area (Å²) in [6, 6.07) is 5.10. The molecule has 0 aliphatic carbocycles. The van der Waals surface area contributed by atoms with Crippen molar-refractivity contribution in [1.82, 2.24) is 15.3 Å². The molecule has 8 nitrogen and oxygen atoms in total. The predicted octanol–water partition coefficient (Wildman–Crippen LogP) is 2.00. The Bertz CT molecular complexity index is 847. The summed E-state index contributed by atoms with van der Waals surface area (Å²) in [6.07, 6.45) is 2.72. The standard InChI is InChI=1S/C17H16N4O4/c1-17(2)9-24-10-4-3-5-11(15(10)17)25-13-7-18-12(6-19-13)21-14(22)8-20-16(21)23/h3-7H,8-9H2,1-2H3,(H,20,23). The first-order valence-electron chi connectivity index (χ1n) is 7.83. The van der Waals surface area contributed by atoms with Gasteiger partial charge < -0.3 is 14.8 Å². The van der Waals surface area contributed by atoms with Crippen LogP contribution in [0.1, 0.15) is 19.4 Å². The fourth-order valence-electron chi connectivity index (χ4n) is 2.96. The molecule has 1 aromatic carbocycles. The third-order valence-electron chi connectivity index (χ3n) is 4.15. The topological polar surface area (TPSA) is 93.7 Å². The minimum atomic E-state index is -0.507. The molecule has 0 bridgehead atoms. The molecule has 2 aromatic rings. The summed E-state index contributed by atoms with van der Waals surface area (Å²) in [5, 5.41) is 2.43. The van der Waals surface area contributed by atoms with E-state index in [1.165, 1.54) is 12.4 Å². The van der Waals surface area contributed by atoms with Gasteiger partial charge in [0.2, 0.25) is 5.88 Å². The third kappa shape index (κ3) is 2.55. The van der Waals surface area contributed by atoms with Crippen molar-refractivity contribution in [1.29, 1.82) is 0 Å². The van der Waals surface area contributed by atoms with Gasteiger partial charge in [-0.25, -0.2) is 19.7 Å². The smallest absolute Gasteiger partial charge is 0.330 e. The number of hydrogen-bond acceptors (Lipinski definition) is 6. The number of fused-ring (bicyclic) bond motifs is 1. The third-order valence-corrected chi connectivity index (χ3v) is 4.15. The van der Waals surface area contributed by atoms with Gasteiger partial charge in [0.15, 0.2) is 5.82 Å². The Labute approximate surface area is 143 Å². The minimum absolute atomic E-state index is 0.0377. The van der Waals surface area contributed by atoms with Crippen LogP contribution in [0.25, 0.3) is 0 Å². The number of rotatable bonds is 3. The molecular weight excluding hydrogens is 324 g/mol. The summed E-state index contributed by atoms with van der Waals surface area (Å²) in [6.45, 7) is 4.71. The van der Waals surface area contributed by atoms with Gasteiger partial charge in [-0.05, 0) is 12.1 Å². The molecular formula is C17H16N4O4. The van der Waals surface area contributed by atoms with E-state index in [9.17, 15) is 9.59 Å². The van der Waals surface area contributed by atoms with E-state index in [0.29, 0.717) is 12.4 Å². The first-order chi connectivity index (χ1) is 12.0. The lowest BCUT2D eigenvalue weighted by Gasteiger charge is -2.18. The molecule has 0 spiro atoms. The van der Waals surface area contributed by atoms with Crippen LogP contribution >= 0.6 is 0 Å². The average Bonchev–Trinajstić information content (AvgIpc) is 3.08. The summed E-state index contributed by atoms with van der Waals surface area (Å²) < 4.78 is 11.6. The second-order valence-corrected chi connectivity index (χ2v) is 6.50. The van der Waals surface area contributed by atoms with Gasteiger partial charge in [-0.1, -0.05) is 19.9 Å². The van der Waals surface area contributed by atoms with Gasteiger partial charge in [0.05, 0.1) is 25.5 Å². The Balaban J connectivity index is 1.60. The first kappa shape index (κ1) is 15.4. The number of anilines is 1. The maximum absolute atomic E-state index is 11.7. The van der Waals surface area contributed by atoms with E-state index >= 15 is 0 Å². The van der Waals surface area contributed by atoms with Gasteiger partial charge in [-0.15, -0.1) is 0 Å². The quantitative estimate of drug-likeness (QED) is 0.859. The van der Waals surface area contributed by atoms with Crippen molar-refractivity contribution >= 4 is 17.8 Å². The molecule has 2 aliphatic heterocycles. The summed E-state index contributed by atoms with van der Waals surface area (Å²) in [4.78, 5) is 32.6. The molecule has 0 atom stereocenters. The van der Waals surface area contributed by atoms with Gasteiger partial charge in [-0.2, -0.15) is 0 Å². The van der Waals surface area contributed by atoms with E-state index in [-0.39, 0.29) is 29.6 Å². The highest BCUT2D eigenvalue weighted by molar-refractivity contribution is 6.19. The molecule has 3 amide bonds. The van der Waals surface area contributed by atoms with Crippen molar-refractivity contribution in [2.75, 3.05) is 18.1 Å². The molecule has 0 radical (unpaired) electrons. The Kier molecular flexibility index (Phi) is 3.34. The number of imide groups is 1. The predicted molar refractivity (Wildman–Crippen MR) is 88.0 cm³/mol. The van der Waals surface area contributed by atoms with E-state index in [4.69, 9.17) is 9.47 Å². The van der Waals surface area contributed by atoms with E-state index in [0.717, 1.165) is 16.2 Å². The number of ether oxygens (including phenoxy) is 2. The molecule has 4 rings (SSSR count). The van der Waals surface area contributed by atoms with Crippen molar-refractivity contribution in [3.8, 4) is 17.4 Å². The lowest BCUT2D eigenvalue weighted by molar-refractivity contribution is -0.115. The largest absolute Gasteiger partial charge is 0.492 e. The van der Waals surface area contributed by atoms with Crippen molar-refractivity contribution in [3.63, 3.8) is 0 Å². The highest BCUT2D eigenvalue weighted by atomic mass is 16.5. The number of nitrogens with zero attached hydrogens (tertiary/aromatic N) is 3. The molecule has 25 heavy (non-hydrogen) atoms. The molecule has 3 heterocycles. The number of urea groups is 1. The van der Waals surface area contributed by atoms with E-state index in [1.54, 1.807) is 0 Å². The number of amides is 3. The SMILES string of the molecule is CC1(C)COc2cccc(Oc3cnc(N4C(=O)CNC4=O)cn3)c21. The lowest BCUT2D eigenvalue weighted by Crippen LogP contribution is -2.31. The van der Waals surface area contributed by atoms with Crippen LogP contribution in [0, 0.1) is 0 Å². The highest BCUT2D eigenvalue weighted by Gasteiger charge is 2.35. The fraction of sp³-hybridized carbons (Fsp3) is 0.294. The summed E-state index contributed by atoms with van der Waals surface area (Å²) in [5.74, 6) is 1.51. The Hall–Kier alpha value is -3.16. The van der Waals surface area contributed by atoms with Gasteiger partial charge in [0, 0.05) is 11.0 Å². The van der Waals surface area contributed by atoms with Crippen LogP contribution in [0.2, 0.25) is 0 Å². The first-order valence-corrected chi connectivity index (χ1v) is 7.83. The second kappa shape index (κ2) is 5.44. The van der Waals surface area contributed by atoms with Crippen LogP contribution in [0.15, 0.2) is 30.6 Å². The maximum Gasteiger partial charge on any atom is 0.330 e. The Morgan fingerprint density at radius 2 is 2.08 bits per heavy atom. The van der Waals surface area contributed by atoms with E-state index in [1.807, 2.05) is 18.2 Å². The molecule has 2 aliphatic rings. The number of benzene rings is 1. The normalized spacial score (nSPS) is 17.9. The zero-order valence-corrected chi connectivity index (χ0v) is 13.8. The maximum atomic E-state index is 11.7. The molecule has 128 valence electrons. The van der Waals surface area contributed by atoms with Gasteiger partial charge in [0.25, 0.3) is 5.91 Å². The van der Waals surface area contributed by atoms with E-state index in [2.05, 4.69) is 29.1 Å². The number of carbonyl (C=O) groups excluding carboxylic acids is 2. The van der Waals surface area contributed by atoms with Gasteiger partial charge in [0.1, 0.15) is 11.5 Å². The number of hydrogen-bond donors (Lipinski definition) is 1. The Morgan fingerprint density at radius 3 is 2.76 bits per heavy atom. The van der Waals surface area contributed by atoms with Crippen molar-refractivity contribution in [2.45, 2.75) is 19.3 Å². The van der Waals surface area contributed by atoms with Crippen molar-refractivity contribution in [3.05, 3.63) is 36.2 Å². The molecule has 8 heteroatoms. The van der Waals surface area contributed by atoms with Crippen LogP contribution in [-0.2, 0) is 10.2 Å². The fourth-order valence-corrected chi connectivity index (χ4v) is 2.96. The molecule has 0 unspecified atom stereocenters. The average molecular weight is 340 g/mol. The van der Waals surface area contributed by atoms with Gasteiger partial charge in [-0.3, -0.25) is 4.79 Å². The summed E-state index contributed by atoms with van der Waals surface area (Å²) >= 11 is 0. The number of nitrogens with one attached hydrogen (secondary N) is 1. The monoisotopic (exact) mass is 340 g/mol. The van der Waals surface area contributed by atoms with E-state index < -0.39 is 6.03 Å². The van der Waals surface area contributed by atoms with Crippen LogP contribution in [0.4, 0.5) is 10.6 Å². The zero-order valence-electron chi connectivity index (χ0n) is 13.8. The molecule has 1 aromatic heterocycles. The molecule has 0 saturated carbocycles. The van der Waals surface area contributed by atoms with Crippen LogP contribution in [0.5, 0.6) is 17.4 Å². The number of carbonyl (C=O) groups is 2. The molecule has 1 N–H and O–H groups in total. The zero-order chi connectivity index (χ0) is 17.6. The van der Waals surface area contributed by atoms with Crippen LogP contribution in [-0.4, -0.2) is 35.1 Å². The summed E-state index contributed by atoms with van der Waals surface area (Å²) in [7, 11) is 0. The Morgan fingerprint density at radius 1 is 1.24 bits per heavy atom. The van der Waals surface area contributed by atoms with Gasteiger partial charge >= 0.3 is 6.03 Å². The van der Waals surface area contributed by atoms with Crippen LogP contribution < -0.4 is 19.7 Å². The minimum Gasteiger partial charge on any atom is -0.492 e. The van der Waals surface area contributed by atoms with Crippen LogP contribution in [0.3, 0.4) is 0 Å². The highest BCUT2D eigenvalue weighted by Crippen LogP contribution is 2.45. The molecule has 1 fully saturated rings. The summed E-state index contributed by atoms with van der Waals surface area (Å²) in [5.41, 5.74) is 0.814. The number of aromatic nitrogens is 2.